The van der Waals surface area contributed by atoms with Gasteiger partial charge in [0.15, 0.2) is 0 Å². The van der Waals surface area contributed by atoms with Gasteiger partial charge < -0.3 is 14.4 Å². The van der Waals surface area contributed by atoms with Crippen LogP contribution in [-0.2, 0) is 9.47 Å². The van der Waals surface area contributed by atoms with Crippen LogP contribution in [0.4, 0.5) is 5.95 Å². The van der Waals surface area contributed by atoms with E-state index in [9.17, 15) is 0 Å². The van der Waals surface area contributed by atoms with Gasteiger partial charge >= 0.3 is 0 Å². The predicted octanol–water partition coefficient (Wildman–Crippen LogP) is 0.711. The maximum Gasteiger partial charge on any atom is 0.225 e. The molecule has 3 rings (SSSR count). The van der Waals surface area contributed by atoms with Crippen molar-refractivity contribution in [2.24, 2.45) is 0 Å². The molecule has 3 heterocycles. The molecule has 0 aliphatic carbocycles. The Morgan fingerprint density at radius 2 is 2.00 bits per heavy atom. The summed E-state index contributed by atoms with van der Waals surface area (Å²) in [6.07, 6.45) is 5.20. The van der Waals surface area contributed by atoms with E-state index in [-0.39, 0.29) is 0 Å². The molecule has 0 N–H and O–H groups in total. The highest BCUT2D eigenvalue weighted by Crippen LogP contribution is 2.25. The third-order valence-corrected chi connectivity index (χ3v) is 4.27. The second kappa shape index (κ2) is 6.68. The summed E-state index contributed by atoms with van der Waals surface area (Å²) in [5.74, 6) is 0.851. The Kier molecular flexibility index (Phi) is 4.67. The van der Waals surface area contributed by atoms with Crippen LogP contribution in [0.5, 0.6) is 0 Å². The highest BCUT2D eigenvalue weighted by molar-refractivity contribution is 5.31. The quantitative estimate of drug-likeness (QED) is 0.745. The average Bonchev–Trinajstić information content (AvgIpc) is 2.90. The molecule has 0 radical (unpaired) electrons. The molecule has 6 heteroatoms. The number of piperazine rings is 1. The lowest BCUT2D eigenvalue weighted by Crippen LogP contribution is -2.50. The Labute approximate surface area is 126 Å². The van der Waals surface area contributed by atoms with E-state index in [0.29, 0.717) is 25.4 Å². The Balaban J connectivity index is 1.54. The molecule has 2 atom stereocenters. The highest BCUT2D eigenvalue weighted by Gasteiger charge is 2.37. The summed E-state index contributed by atoms with van der Waals surface area (Å²) in [5.41, 5.74) is 1.10. The fourth-order valence-electron chi connectivity index (χ4n) is 3.15. The first kappa shape index (κ1) is 14.7. The van der Waals surface area contributed by atoms with Crippen molar-refractivity contribution in [2.45, 2.75) is 25.5 Å². The first-order valence-corrected chi connectivity index (χ1v) is 7.64. The van der Waals surface area contributed by atoms with E-state index in [0.717, 1.165) is 44.1 Å². The minimum Gasteiger partial charge on any atom is -0.382 e. The zero-order valence-electron chi connectivity index (χ0n) is 12.9. The lowest BCUT2D eigenvalue weighted by Gasteiger charge is -2.37. The van der Waals surface area contributed by atoms with E-state index >= 15 is 0 Å². The molecule has 21 heavy (non-hydrogen) atoms. The van der Waals surface area contributed by atoms with Gasteiger partial charge in [-0.05, 0) is 18.9 Å². The van der Waals surface area contributed by atoms with Crippen molar-refractivity contribution in [3.8, 4) is 0 Å². The van der Waals surface area contributed by atoms with Crippen LogP contribution >= 0.6 is 0 Å². The molecule has 0 unspecified atom stereocenters. The van der Waals surface area contributed by atoms with Gasteiger partial charge in [-0.2, -0.15) is 0 Å². The first-order valence-electron chi connectivity index (χ1n) is 7.64. The second-order valence-electron chi connectivity index (χ2n) is 5.88. The zero-order chi connectivity index (χ0) is 14.7. The molecular weight excluding hydrogens is 268 g/mol. The van der Waals surface area contributed by atoms with Gasteiger partial charge in [-0.15, -0.1) is 0 Å². The number of rotatable bonds is 5. The molecular formula is C15H24N4O2. The number of nitrogens with zero attached hydrogens (tertiary/aromatic N) is 4. The van der Waals surface area contributed by atoms with E-state index in [4.69, 9.17) is 9.47 Å². The van der Waals surface area contributed by atoms with Crippen molar-refractivity contribution in [1.29, 1.82) is 0 Å². The molecule has 116 valence electrons. The van der Waals surface area contributed by atoms with Gasteiger partial charge in [0, 0.05) is 51.7 Å². The van der Waals surface area contributed by atoms with Crippen LogP contribution in [0.1, 0.15) is 12.0 Å². The third kappa shape index (κ3) is 3.51. The van der Waals surface area contributed by atoms with Crippen molar-refractivity contribution in [1.82, 2.24) is 14.9 Å². The van der Waals surface area contributed by atoms with E-state index in [2.05, 4.69) is 19.8 Å². The van der Waals surface area contributed by atoms with Gasteiger partial charge in [-0.1, -0.05) is 0 Å². The second-order valence-corrected chi connectivity index (χ2v) is 5.88. The number of aryl methyl sites for hydroxylation is 1. The van der Waals surface area contributed by atoms with E-state index in [1.54, 1.807) is 7.11 Å². The highest BCUT2D eigenvalue weighted by atomic mass is 16.5. The number of aromatic nitrogens is 2. The predicted molar refractivity (Wildman–Crippen MR) is 80.6 cm³/mol. The minimum absolute atomic E-state index is 0.337. The topological polar surface area (TPSA) is 50.7 Å². The number of methoxy groups -OCH3 is 1. The summed E-state index contributed by atoms with van der Waals surface area (Å²) < 4.78 is 10.9. The van der Waals surface area contributed by atoms with E-state index < -0.39 is 0 Å². The zero-order valence-corrected chi connectivity index (χ0v) is 12.9. The Morgan fingerprint density at radius 1 is 1.19 bits per heavy atom. The summed E-state index contributed by atoms with van der Waals surface area (Å²) in [7, 11) is 1.71. The van der Waals surface area contributed by atoms with E-state index in [1.807, 2.05) is 19.3 Å². The minimum atomic E-state index is 0.337. The molecule has 0 bridgehead atoms. The smallest absolute Gasteiger partial charge is 0.225 e. The molecule has 1 aromatic rings. The average molecular weight is 292 g/mol. The van der Waals surface area contributed by atoms with Crippen molar-refractivity contribution in [3.05, 3.63) is 18.0 Å². The van der Waals surface area contributed by atoms with Crippen molar-refractivity contribution in [3.63, 3.8) is 0 Å². The monoisotopic (exact) mass is 292 g/mol. The lowest BCUT2D eigenvalue weighted by molar-refractivity contribution is 0.0224. The summed E-state index contributed by atoms with van der Waals surface area (Å²) in [6, 6.07) is 0.552. The number of ether oxygens (including phenoxy) is 2. The summed E-state index contributed by atoms with van der Waals surface area (Å²) >= 11 is 0. The molecule has 0 saturated carbocycles. The van der Waals surface area contributed by atoms with Gasteiger partial charge in [-0.25, -0.2) is 9.97 Å². The van der Waals surface area contributed by atoms with Gasteiger partial charge in [-0.3, -0.25) is 4.90 Å². The number of hydrogen-bond donors (Lipinski definition) is 0. The molecule has 6 nitrogen and oxygen atoms in total. The van der Waals surface area contributed by atoms with Crippen molar-refractivity contribution >= 4 is 5.95 Å². The maximum atomic E-state index is 5.88. The van der Waals surface area contributed by atoms with Crippen LogP contribution in [0.15, 0.2) is 12.4 Å². The van der Waals surface area contributed by atoms with Crippen LogP contribution in [0, 0.1) is 6.92 Å². The van der Waals surface area contributed by atoms with Gasteiger partial charge in [0.2, 0.25) is 5.95 Å². The standard InChI is InChI=1S/C15H24N4O2/c1-12-8-16-15(17-9-12)19-4-3-18-11-14(7-13(18)10-19)21-6-5-20-2/h8-9,13-14H,3-7,10-11H2,1-2H3/t13-,14+/m0/s1. The molecule has 0 amide bonds. The fraction of sp³-hybridized carbons (Fsp3) is 0.733. The third-order valence-electron chi connectivity index (χ3n) is 4.27. The van der Waals surface area contributed by atoms with Gasteiger partial charge in [0.05, 0.1) is 19.3 Å². The van der Waals surface area contributed by atoms with Crippen LogP contribution in [-0.4, -0.2) is 73.5 Å². The van der Waals surface area contributed by atoms with Crippen LogP contribution in [0.25, 0.3) is 0 Å². The lowest BCUT2D eigenvalue weighted by atomic mass is 10.1. The maximum absolute atomic E-state index is 5.88. The van der Waals surface area contributed by atoms with Crippen LogP contribution < -0.4 is 4.90 Å². The number of anilines is 1. The molecule has 0 aromatic carbocycles. The van der Waals surface area contributed by atoms with Gasteiger partial charge in [0.25, 0.3) is 0 Å². The molecule has 2 saturated heterocycles. The number of hydrogen-bond acceptors (Lipinski definition) is 6. The van der Waals surface area contributed by atoms with Crippen molar-refractivity contribution in [2.75, 3.05) is 51.4 Å². The SMILES string of the molecule is COCCO[C@@H]1C[C@H]2CN(c3ncc(C)cn3)CCN2C1. The molecule has 2 aliphatic heterocycles. The number of fused-ring (bicyclic) bond motifs is 1. The van der Waals surface area contributed by atoms with Crippen LogP contribution in [0.3, 0.4) is 0 Å². The molecule has 2 fully saturated rings. The van der Waals surface area contributed by atoms with E-state index in [1.165, 1.54) is 0 Å². The summed E-state index contributed by atoms with van der Waals surface area (Å²) in [4.78, 5) is 13.7. The molecule has 1 aromatic heterocycles. The summed E-state index contributed by atoms with van der Waals surface area (Å²) in [5, 5.41) is 0. The van der Waals surface area contributed by atoms with Gasteiger partial charge in [0.1, 0.15) is 0 Å². The Morgan fingerprint density at radius 3 is 2.76 bits per heavy atom. The molecule has 2 aliphatic rings. The van der Waals surface area contributed by atoms with Crippen molar-refractivity contribution < 1.29 is 9.47 Å². The van der Waals surface area contributed by atoms with Crippen LogP contribution in [0.2, 0.25) is 0 Å². The largest absolute Gasteiger partial charge is 0.382 e. The normalized spacial score (nSPS) is 26.1. The first-order chi connectivity index (χ1) is 10.3. The molecule has 0 spiro atoms. The Bertz CT molecular complexity index is 453. The summed E-state index contributed by atoms with van der Waals surface area (Å²) in [6.45, 7) is 7.46. The Hall–Kier alpha value is -1.24. The fourth-order valence-corrected chi connectivity index (χ4v) is 3.15.